The number of rotatable bonds is 9. The highest BCUT2D eigenvalue weighted by Gasteiger charge is 2.32. The highest BCUT2D eigenvalue weighted by Crippen LogP contribution is 2.21. The van der Waals surface area contributed by atoms with Crippen LogP contribution in [-0.4, -0.2) is 43.2 Å². The van der Waals surface area contributed by atoms with E-state index in [-0.39, 0.29) is 5.97 Å². The Labute approximate surface area is 116 Å². The zero-order valence-electron chi connectivity index (χ0n) is 12.9. The first-order valence-electron chi connectivity index (χ1n) is 7.14. The summed E-state index contributed by atoms with van der Waals surface area (Å²) in [7, 11) is 2.04. The number of quaternary nitrogens is 1. The number of amides is 1. The van der Waals surface area contributed by atoms with Crippen molar-refractivity contribution in [1.29, 1.82) is 0 Å². The number of carbonyl (C=O) groups is 2. The summed E-state index contributed by atoms with van der Waals surface area (Å²) in [6.07, 6.45) is 1.14. The largest absolute Gasteiger partial charge is 0.415 e. The van der Waals surface area contributed by atoms with Gasteiger partial charge in [-0.1, -0.05) is 13.8 Å². The van der Waals surface area contributed by atoms with Gasteiger partial charge in [0.2, 0.25) is 12.6 Å². The van der Waals surface area contributed by atoms with E-state index in [4.69, 9.17) is 10.5 Å². The maximum atomic E-state index is 12.1. The van der Waals surface area contributed by atoms with E-state index in [1.54, 1.807) is 0 Å². The Hall–Kier alpha value is -1.10. The van der Waals surface area contributed by atoms with E-state index in [1.807, 2.05) is 20.9 Å². The molecule has 0 radical (unpaired) electrons. The molecule has 5 heteroatoms. The van der Waals surface area contributed by atoms with Gasteiger partial charge in [0, 0.05) is 0 Å². The van der Waals surface area contributed by atoms with Crippen molar-refractivity contribution in [3.05, 3.63) is 0 Å². The summed E-state index contributed by atoms with van der Waals surface area (Å²) < 4.78 is 6.08. The summed E-state index contributed by atoms with van der Waals surface area (Å²) in [5.74, 6) is -1.59. The Morgan fingerprint density at radius 2 is 1.53 bits per heavy atom. The van der Waals surface area contributed by atoms with Gasteiger partial charge in [0.1, 0.15) is 0 Å². The lowest BCUT2D eigenvalue weighted by Gasteiger charge is -2.32. The van der Waals surface area contributed by atoms with Gasteiger partial charge in [-0.05, 0) is 26.7 Å². The summed E-state index contributed by atoms with van der Waals surface area (Å²) in [4.78, 5) is 23.5. The second-order valence-corrected chi connectivity index (χ2v) is 5.28. The smallest absolute Gasteiger partial charge is 0.314 e. The minimum atomic E-state index is -0.431. The number of ether oxygens (including phenoxy) is 1. The minimum Gasteiger partial charge on any atom is -0.415 e. The molecule has 0 fully saturated rings. The first-order valence-corrected chi connectivity index (χ1v) is 7.14. The summed E-state index contributed by atoms with van der Waals surface area (Å²) in [6, 6.07) is 0. The molecule has 5 nitrogen and oxygen atoms in total. The topological polar surface area (TPSA) is 69.4 Å². The Bertz CT molecular complexity index is 301. The van der Waals surface area contributed by atoms with E-state index in [9.17, 15) is 9.59 Å². The molecule has 2 unspecified atom stereocenters. The molecule has 0 aliphatic heterocycles. The number of nitrogens with two attached hydrogens (primary N) is 1. The highest BCUT2D eigenvalue weighted by molar-refractivity contribution is 5.84. The van der Waals surface area contributed by atoms with Crippen LogP contribution in [0.3, 0.4) is 0 Å². The molecule has 0 spiro atoms. The normalized spacial score (nSPS) is 14.8. The van der Waals surface area contributed by atoms with Crippen LogP contribution in [-0.2, 0) is 14.3 Å². The van der Waals surface area contributed by atoms with Gasteiger partial charge in [-0.3, -0.25) is 14.1 Å². The Morgan fingerprint density at radius 3 is 1.84 bits per heavy atom. The summed E-state index contributed by atoms with van der Waals surface area (Å²) in [5, 5.41) is 0. The third-order valence-corrected chi connectivity index (χ3v) is 4.08. The number of esters is 1. The third-order valence-electron chi connectivity index (χ3n) is 4.08. The summed E-state index contributed by atoms with van der Waals surface area (Å²) in [5.41, 5.74) is 5.35. The molecular weight excluding hydrogens is 244 g/mol. The molecule has 0 saturated heterocycles. The van der Waals surface area contributed by atoms with Crippen molar-refractivity contribution in [3.63, 3.8) is 0 Å². The fraction of sp³-hybridized carbons (Fsp3) is 0.857. The molecule has 0 aromatic carbocycles. The molecule has 1 amide bonds. The van der Waals surface area contributed by atoms with E-state index >= 15 is 0 Å². The lowest BCUT2D eigenvalue weighted by Crippen LogP contribution is -2.47. The van der Waals surface area contributed by atoms with Crippen molar-refractivity contribution in [3.8, 4) is 0 Å². The van der Waals surface area contributed by atoms with Crippen molar-refractivity contribution in [2.75, 3.05) is 26.9 Å². The number of primary amides is 1. The van der Waals surface area contributed by atoms with E-state index in [0.29, 0.717) is 24.1 Å². The van der Waals surface area contributed by atoms with Crippen LogP contribution in [0, 0.1) is 11.8 Å². The predicted molar refractivity (Wildman–Crippen MR) is 75.0 cm³/mol. The van der Waals surface area contributed by atoms with Crippen LogP contribution in [0.15, 0.2) is 0 Å². The zero-order valence-corrected chi connectivity index (χ0v) is 12.9. The molecule has 0 saturated carbocycles. The summed E-state index contributed by atoms with van der Waals surface area (Å²) >= 11 is 0. The molecule has 0 rings (SSSR count). The molecule has 19 heavy (non-hydrogen) atoms. The van der Waals surface area contributed by atoms with Crippen LogP contribution < -0.4 is 5.73 Å². The predicted octanol–water partition coefficient (Wildman–Crippen LogP) is 1.51. The quantitative estimate of drug-likeness (QED) is 0.393. The third kappa shape index (κ3) is 5.19. The SMILES string of the molecule is CCC(C(N)=O)C(CC)C(=O)OC[N+](C)(CC)CC. The first-order chi connectivity index (χ1) is 8.85. The van der Waals surface area contributed by atoms with Gasteiger partial charge < -0.3 is 10.5 Å². The van der Waals surface area contributed by atoms with Crippen molar-refractivity contribution in [2.45, 2.75) is 40.5 Å². The average molecular weight is 273 g/mol. The minimum absolute atomic E-state index is 0.306. The molecule has 2 atom stereocenters. The second kappa shape index (κ2) is 8.15. The fourth-order valence-corrected chi connectivity index (χ4v) is 2.03. The van der Waals surface area contributed by atoms with Crippen LogP contribution in [0.25, 0.3) is 0 Å². The molecular formula is C14H29N2O3+. The average Bonchev–Trinajstić information content (AvgIpc) is 2.41. The Balaban J connectivity index is 4.65. The standard InChI is InChI=1S/C14H28N2O3/c1-6-11(13(15)17)12(7-2)14(18)19-10-16(5,8-3)9-4/h11-12H,6-10H2,1-5H3,(H-,15,17)/p+1. The first kappa shape index (κ1) is 17.9. The fourth-order valence-electron chi connectivity index (χ4n) is 2.03. The number of nitrogens with zero attached hydrogens (tertiary/aromatic N) is 1. The Morgan fingerprint density at radius 1 is 1.05 bits per heavy atom. The summed E-state index contributed by atoms with van der Waals surface area (Å²) in [6.45, 7) is 10.0. The lowest BCUT2D eigenvalue weighted by atomic mass is 9.87. The molecule has 0 aromatic rings. The van der Waals surface area contributed by atoms with Crippen LogP contribution in [0.4, 0.5) is 0 Å². The van der Waals surface area contributed by atoms with Gasteiger partial charge in [0.25, 0.3) is 0 Å². The van der Waals surface area contributed by atoms with Crippen molar-refractivity contribution in [2.24, 2.45) is 17.6 Å². The molecule has 0 aromatic heterocycles. The van der Waals surface area contributed by atoms with Crippen LogP contribution in [0.2, 0.25) is 0 Å². The van der Waals surface area contributed by atoms with Crippen molar-refractivity contribution in [1.82, 2.24) is 0 Å². The second-order valence-electron chi connectivity index (χ2n) is 5.28. The van der Waals surface area contributed by atoms with Crippen LogP contribution in [0.5, 0.6) is 0 Å². The molecule has 0 heterocycles. The van der Waals surface area contributed by atoms with Gasteiger partial charge >= 0.3 is 5.97 Å². The van der Waals surface area contributed by atoms with Crippen LogP contribution >= 0.6 is 0 Å². The maximum absolute atomic E-state index is 12.1. The van der Waals surface area contributed by atoms with Gasteiger partial charge in [-0.2, -0.15) is 0 Å². The van der Waals surface area contributed by atoms with Crippen LogP contribution in [0.1, 0.15) is 40.5 Å². The molecule has 0 bridgehead atoms. The van der Waals surface area contributed by atoms with Gasteiger partial charge in [0.15, 0.2) is 0 Å². The maximum Gasteiger partial charge on any atom is 0.314 e. The number of hydrogen-bond donors (Lipinski definition) is 1. The van der Waals surface area contributed by atoms with Crippen molar-refractivity contribution >= 4 is 11.9 Å². The van der Waals surface area contributed by atoms with Crippen molar-refractivity contribution < 1.29 is 18.8 Å². The van der Waals surface area contributed by atoms with E-state index < -0.39 is 17.7 Å². The molecule has 112 valence electrons. The zero-order chi connectivity index (χ0) is 15.1. The van der Waals surface area contributed by atoms with Gasteiger partial charge in [-0.25, -0.2) is 0 Å². The Kier molecular flexibility index (Phi) is 7.68. The molecule has 0 aliphatic carbocycles. The van der Waals surface area contributed by atoms with Gasteiger partial charge in [0.05, 0.1) is 32.0 Å². The van der Waals surface area contributed by atoms with Gasteiger partial charge in [-0.15, -0.1) is 0 Å². The lowest BCUT2D eigenvalue weighted by molar-refractivity contribution is -0.922. The highest BCUT2D eigenvalue weighted by atomic mass is 16.5. The molecule has 0 aliphatic rings. The van der Waals surface area contributed by atoms with E-state index in [2.05, 4.69) is 13.8 Å². The van der Waals surface area contributed by atoms with E-state index in [1.165, 1.54) is 0 Å². The van der Waals surface area contributed by atoms with E-state index in [0.717, 1.165) is 13.1 Å². The number of carbonyl (C=O) groups excluding carboxylic acids is 2. The monoisotopic (exact) mass is 273 g/mol. The number of hydrogen-bond acceptors (Lipinski definition) is 3. The molecule has 2 N–H and O–H groups in total.